The van der Waals surface area contributed by atoms with Crippen LogP contribution in [0.3, 0.4) is 0 Å². The standard InChI is InChI=1S/C16H20ClN5O/c1-11(18-15(23)14-19-16(17)21(2)20-14)9-22-8-7-12-5-3-4-6-13(12)10-22/h3-6,11H,7-10H2,1-2H3,(H,18,23). The molecule has 1 aliphatic heterocycles. The van der Waals surface area contributed by atoms with Crippen molar-refractivity contribution in [2.45, 2.75) is 25.9 Å². The fraction of sp³-hybridized carbons (Fsp3) is 0.438. The zero-order valence-corrected chi connectivity index (χ0v) is 14.0. The Morgan fingerprint density at radius 1 is 1.39 bits per heavy atom. The second-order valence-electron chi connectivity index (χ2n) is 5.96. The molecule has 1 amide bonds. The predicted molar refractivity (Wildman–Crippen MR) is 88.4 cm³/mol. The van der Waals surface area contributed by atoms with Crippen LogP contribution in [0.4, 0.5) is 0 Å². The Morgan fingerprint density at radius 2 is 2.13 bits per heavy atom. The van der Waals surface area contributed by atoms with Crippen LogP contribution in [0.2, 0.25) is 5.28 Å². The molecule has 0 spiro atoms. The molecule has 0 bridgehead atoms. The Hall–Kier alpha value is -1.92. The van der Waals surface area contributed by atoms with Gasteiger partial charge in [-0.25, -0.2) is 4.68 Å². The van der Waals surface area contributed by atoms with E-state index in [0.717, 1.165) is 26.1 Å². The van der Waals surface area contributed by atoms with Crippen LogP contribution in [-0.4, -0.2) is 44.7 Å². The number of nitrogens with zero attached hydrogens (tertiary/aromatic N) is 4. The molecule has 1 aromatic heterocycles. The maximum absolute atomic E-state index is 12.1. The van der Waals surface area contributed by atoms with Gasteiger partial charge in [-0.2, -0.15) is 4.98 Å². The summed E-state index contributed by atoms with van der Waals surface area (Å²) in [6, 6.07) is 8.53. The molecule has 7 heteroatoms. The van der Waals surface area contributed by atoms with Crippen molar-refractivity contribution in [3.05, 3.63) is 46.5 Å². The van der Waals surface area contributed by atoms with Gasteiger partial charge in [-0.05, 0) is 36.1 Å². The van der Waals surface area contributed by atoms with Gasteiger partial charge in [-0.15, -0.1) is 5.10 Å². The van der Waals surface area contributed by atoms with Crippen molar-refractivity contribution in [2.24, 2.45) is 7.05 Å². The van der Waals surface area contributed by atoms with Crippen LogP contribution < -0.4 is 5.32 Å². The number of benzene rings is 1. The minimum atomic E-state index is -0.294. The molecule has 0 radical (unpaired) electrons. The van der Waals surface area contributed by atoms with Crippen LogP contribution >= 0.6 is 11.6 Å². The molecule has 0 saturated heterocycles. The summed E-state index contributed by atoms with van der Waals surface area (Å²) >= 11 is 5.81. The van der Waals surface area contributed by atoms with Crippen LogP contribution in [0.25, 0.3) is 0 Å². The number of aromatic nitrogens is 3. The number of nitrogens with one attached hydrogen (secondary N) is 1. The van der Waals surface area contributed by atoms with E-state index in [4.69, 9.17) is 11.6 Å². The number of aryl methyl sites for hydroxylation is 1. The first-order valence-electron chi connectivity index (χ1n) is 7.69. The summed E-state index contributed by atoms with van der Waals surface area (Å²) in [7, 11) is 1.65. The van der Waals surface area contributed by atoms with Crippen LogP contribution in [0.15, 0.2) is 24.3 Å². The summed E-state index contributed by atoms with van der Waals surface area (Å²) in [5.74, 6) is -0.189. The van der Waals surface area contributed by atoms with E-state index in [9.17, 15) is 4.79 Å². The summed E-state index contributed by atoms with van der Waals surface area (Å²) in [4.78, 5) is 18.4. The van der Waals surface area contributed by atoms with E-state index in [-0.39, 0.29) is 23.1 Å². The highest BCUT2D eigenvalue weighted by Gasteiger charge is 2.20. The zero-order valence-electron chi connectivity index (χ0n) is 13.3. The highest BCUT2D eigenvalue weighted by Crippen LogP contribution is 2.18. The number of carbonyl (C=O) groups excluding carboxylic acids is 1. The summed E-state index contributed by atoms with van der Waals surface area (Å²) in [5.41, 5.74) is 2.79. The molecule has 1 N–H and O–H groups in total. The average molecular weight is 334 g/mol. The second-order valence-corrected chi connectivity index (χ2v) is 6.29. The molecule has 0 aliphatic carbocycles. The normalized spacial score (nSPS) is 16.0. The van der Waals surface area contributed by atoms with Crippen molar-refractivity contribution in [3.63, 3.8) is 0 Å². The van der Waals surface area contributed by atoms with Gasteiger partial charge >= 0.3 is 0 Å². The molecule has 3 rings (SSSR count). The SMILES string of the molecule is CC(CN1CCc2ccccc2C1)NC(=O)c1nc(Cl)n(C)n1. The third-order valence-corrected chi connectivity index (χ3v) is 4.36. The topological polar surface area (TPSA) is 63.1 Å². The number of fused-ring (bicyclic) bond motifs is 1. The molecule has 23 heavy (non-hydrogen) atoms. The van der Waals surface area contributed by atoms with Gasteiger partial charge in [0.1, 0.15) is 0 Å². The minimum absolute atomic E-state index is 0.00958. The van der Waals surface area contributed by atoms with Gasteiger partial charge in [-0.3, -0.25) is 9.69 Å². The van der Waals surface area contributed by atoms with Gasteiger partial charge in [0.15, 0.2) is 0 Å². The van der Waals surface area contributed by atoms with Gasteiger partial charge < -0.3 is 5.32 Å². The summed E-state index contributed by atoms with van der Waals surface area (Å²) < 4.78 is 1.38. The van der Waals surface area contributed by atoms with Gasteiger partial charge in [0.2, 0.25) is 11.1 Å². The first kappa shape index (κ1) is 16.0. The summed E-state index contributed by atoms with van der Waals surface area (Å²) in [5, 5.41) is 7.12. The van der Waals surface area contributed by atoms with Gasteiger partial charge in [-0.1, -0.05) is 24.3 Å². The molecule has 0 fully saturated rings. The minimum Gasteiger partial charge on any atom is -0.346 e. The lowest BCUT2D eigenvalue weighted by atomic mass is 10.00. The van der Waals surface area contributed by atoms with E-state index < -0.39 is 0 Å². The van der Waals surface area contributed by atoms with Crippen LogP contribution in [0.5, 0.6) is 0 Å². The molecule has 1 atom stereocenters. The number of halogens is 1. The number of hydrogen-bond acceptors (Lipinski definition) is 4. The molecular weight excluding hydrogens is 314 g/mol. The fourth-order valence-corrected chi connectivity index (χ4v) is 3.01. The van der Waals surface area contributed by atoms with Crippen molar-refractivity contribution in [2.75, 3.05) is 13.1 Å². The van der Waals surface area contributed by atoms with Crippen molar-refractivity contribution in [3.8, 4) is 0 Å². The quantitative estimate of drug-likeness (QED) is 0.924. The summed E-state index contributed by atoms with van der Waals surface area (Å²) in [6.45, 7) is 4.71. The maximum atomic E-state index is 12.1. The average Bonchev–Trinajstić information content (AvgIpc) is 2.86. The second kappa shape index (κ2) is 6.68. The number of amides is 1. The van der Waals surface area contributed by atoms with Crippen LogP contribution in [-0.2, 0) is 20.0 Å². The van der Waals surface area contributed by atoms with Crippen molar-refractivity contribution in [1.29, 1.82) is 0 Å². The van der Waals surface area contributed by atoms with E-state index in [2.05, 4.69) is 44.6 Å². The molecule has 2 aromatic rings. The lowest BCUT2D eigenvalue weighted by Crippen LogP contribution is -2.43. The lowest BCUT2D eigenvalue weighted by molar-refractivity contribution is 0.0916. The van der Waals surface area contributed by atoms with E-state index >= 15 is 0 Å². The first-order chi connectivity index (χ1) is 11.0. The Labute approximate surface area is 140 Å². The van der Waals surface area contributed by atoms with Crippen molar-refractivity contribution >= 4 is 17.5 Å². The van der Waals surface area contributed by atoms with Crippen LogP contribution in [0.1, 0.15) is 28.7 Å². The lowest BCUT2D eigenvalue weighted by Gasteiger charge is -2.30. The number of hydrogen-bond donors (Lipinski definition) is 1. The van der Waals surface area contributed by atoms with E-state index in [1.54, 1.807) is 7.05 Å². The smallest absolute Gasteiger partial charge is 0.291 e. The van der Waals surface area contributed by atoms with Crippen molar-refractivity contribution < 1.29 is 4.79 Å². The number of rotatable bonds is 4. The van der Waals surface area contributed by atoms with E-state index in [1.807, 2.05) is 6.92 Å². The van der Waals surface area contributed by atoms with Crippen LogP contribution in [0, 0.1) is 0 Å². The van der Waals surface area contributed by atoms with E-state index in [1.165, 1.54) is 15.8 Å². The Morgan fingerprint density at radius 3 is 2.83 bits per heavy atom. The zero-order chi connectivity index (χ0) is 16.4. The molecule has 1 aromatic carbocycles. The Kier molecular flexibility index (Phi) is 4.63. The Bertz CT molecular complexity index is 695. The third kappa shape index (κ3) is 3.71. The molecular formula is C16H20ClN5O. The van der Waals surface area contributed by atoms with Gasteiger partial charge in [0.25, 0.3) is 5.91 Å². The first-order valence-corrected chi connectivity index (χ1v) is 8.07. The predicted octanol–water partition coefficient (Wildman–Crippen LogP) is 1.65. The largest absolute Gasteiger partial charge is 0.346 e. The molecule has 2 heterocycles. The van der Waals surface area contributed by atoms with Crippen molar-refractivity contribution in [1.82, 2.24) is 25.0 Å². The van der Waals surface area contributed by atoms with Gasteiger partial charge in [0, 0.05) is 32.7 Å². The maximum Gasteiger partial charge on any atom is 0.291 e. The molecule has 122 valence electrons. The molecule has 1 unspecified atom stereocenters. The van der Waals surface area contributed by atoms with E-state index in [0.29, 0.717) is 0 Å². The molecule has 1 aliphatic rings. The highest BCUT2D eigenvalue weighted by atomic mass is 35.5. The summed E-state index contributed by atoms with van der Waals surface area (Å²) in [6.07, 6.45) is 1.05. The number of carbonyl (C=O) groups is 1. The highest BCUT2D eigenvalue weighted by molar-refractivity contribution is 6.28. The molecule has 0 saturated carbocycles. The molecule has 6 nitrogen and oxygen atoms in total. The Balaban J connectivity index is 1.55. The monoisotopic (exact) mass is 333 g/mol. The van der Waals surface area contributed by atoms with Gasteiger partial charge in [0.05, 0.1) is 0 Å². The fourth-order valence-electron chi connectivity index (χ4n) is 2.89. The third-order valence-electron chi connectivity index (χ3n) is 4.03.